The van der Waals surface area contributed by atoms with E-state index in [0.29, 0.717) is 0 Å². The van der Waals surface area contributed by atoms with Crippen molar-refractivity contribution in [1.82, 2.24) is 15.6 Å². The lowest BCUT2D eigenvalue weighted by Gasteiger charge is -2.25. The zero-order chi connectivity index (χ0) is 24.1. The fourth-order valence-corrected chi connectivity index (χ4v) is 5.35. The second-order valence-corrected chi connectivity index (χ2v) is 10.4. The van der Waals surface area contributed by atoms with E-state index in [9.17, 15) is 22.8 Å². The Morgan fingerprint density at radius 3 is 2.62 bits per heavy atom. The quantitative estimate of drug-likeness (QED) is 0.470. The van der Waals surface area contributed by atoms with Gasteiger partial charge in [-0.25, -0.2) is 13.2 Å². The average Bonchev–Trinajstić information content (AvgIpc) is 3.23. The Kier molecular flexibility index (Phi) is 6.97. The summed E-state index contributed by atoms with van der Waals surface area (Å²) in [6, 6.07) is 14.4. The van der Waals surface area contributed by atoms with Gasteiger partial charge < -0.3 is 20.4 Å². The van der Waals surface area contributed by atoms with Crippen LogP contribution >= 0.6 is 0 Å². The fraction of sp³-hybridized carbons (Fsp3) is 0.292. The van der Waals surface area contributed by atoms with Gasteiger partial charge in [-0.15, -0.1) is 0 Å². The summed E-state index contributed by atoms with van der Waals surface area (Å²) in [5.74, 6) is -1.67. The third-order valence-corrected chi connectivity index (χ3v) is 7.37. The summed E-state index contributed by atoms with van der Waals surface area (Å²) < 4.78 is 29.2. The Morgan fingerprint density at radius 1 is 1.09 bits per heavy atom. The molecule has 9 nitrogen and oxygen atoms in total. The standard InChI is InChI=1S/C24H25N3O6S/c28-22-10-11-34(31,32)15-21(22)26-23(29)20(12-17-13-25-19-9-5-4-8-18(17)19)27-24(30)33-14-16-6-2-1-3-7-16/h1-9,13,20-21,25H,10-12,14-15H2,(H,26,29)(H,27,30)/t20-,21+/m0/s1. The van der Waals surface area contributed by atoms with Gasteiger partial charge >= 0.3 is 6.09 Å². The van der Waals surface area contributed by atoms with Crippen LogP contribution in [0.2, 0.25) is 0 Å². The molecule has 0 bridgehead atoms. The number of hydrogen-bond acceptors (Lipinski definition) is 6. The number of hydrogen-bond donors (Lipinski definition) is 3. The van der Waals surface area contributed by atoms with Crippen LogP contribution in [0.15, 0.2) is 60.8 Å². The average molecular weight is 484 g/mol. The first kappa shape index (κ1) is 23.5. The summed E-state index contributed by atoms with van der Waals surface area (Å²) in [5, 5.41) is 5.97. The number of ketones is 1. The summed E-state index contributed by atoms with van der Waals surface area (Å²) in [7, 11) is -3.43. The number of rotatable bonds is 7. The molecule has 3 aromatic rings. The maximum absolute atomic E-state index is 13.1. The Balaban J connectivity index is 1.49. The van der Waals surface area contributed by atoms with Crippen molar-refractivity contribution in [3.63, 3.8) is 0 Å². The van der Waals surface area contributed by atoms with Gasteiger partial charge in [0.15, 0.2) is 15.6 Å². The highest BCUT2D eigenvalue weighted by Gasteiger charge is 2.34. The highest BCUT2D eigenvalue weighted by atomic mass is 32.2. The molecule has 0 aliphatic carbocycles. The second-order valence-electron chi connectivity index (χ2n) is 8.21. The Hall–Kier alpha value is -3.66. The van der Waals surface area contributed by atoms with Gasteiger partial charge in [-0.05, 0) is 17.2 Å². The third kappa shape index (κ3) is 5.82. The van der Waals surface area contributed by atoms with Crippen LogP contribution < -0.4 is 10.6 Å². The van der Waals surface area contributed by atoms with Crippen LogP contribution in [-0.2, 0) is 37.2 Å². The first-order valence-corrected chi connectivity index (χ1v) is 12.7. The number of ether oxygens (including phenoxy) is 1. The monoisotopic (exact) mass is 483 g/mol. The van der Waals surface area contributed by atoms with Crippen molar-refractivity contribution in [3.05, 3.63) is 71.9 Å². The summed E-state index contributed by atoms with van der Waals surface area (Å²) in [5.41, 5.74) is 2.44. The Bertz CT molecular complexity index is 1300. The van der Waals surface area contributed by atoms with Crippen LogP contribution in [0.1, 0.15) is 17.5 Å². The highest BCUT2D eigenvalue weighted by Crippen LogP contribution is 2.19. The van der Waals surface area contributed by atoms with E-state index >= 15 is 0 Å². The first-order valence-electron chi connectivity index (χ1n) is 10.9. The van der Waals surface area contributed by atoms with Gasteiger partial charge in [-0.2, -0.15) is 0 Å². The molecule has 0 unspecified atom stereocenters. The minimum atomic E-state index is -3.43. The number of carbonyl (C=O) groups is 3. The third-order valence-electron chi connectivity index (χ3n) is 5.71. The molecule has 1 aliphatic rings. The van der Waals surface area contributed by atoms with Gasteiger partial charge in [0, 0.05) is 29.9 Å². The van der Waals surface area contributed by atoms with Crippen molar-refractivity contribution in [3.8, 4) is 0 Å². The minimum absolute atomic E-state index is 0.0213. The maximum atomic E-state index is 13.1. The van der Waals surface area contributed by atoms with E-state index in [4.69, 9.17) is 4.74 Å². The van der Waals surface area contributed by atoms with Crippen molar-refractivity contribution in [2.75, 3.05) is 11.5 Å². The summed E-state index contributed by atoms with van der Waals surface area (Å²) >= 11 is 0. The SMILES string of the molecule is O=C(N[C@@H](Cc1c[nH]c2ccccc12)C(=O)N[C@@H]1CS(=O)(=O)CCC1=O)OCc1ccccc1. The number of para-hydroxylation sites is 1. The number of Topliss-reactive ketones (excluding diaryl/α,β-unsaturated/α-hetero) is 1. The van der Waals surface area contributed by atoms with E-state index in [1.54, 1.807) is 18.3 Å². The molecule has 1 aliphatic heterocycles. The summed E-state index contributed by atoms with van der Waals surface area (Å²) in [6.45, 7) is 0.0213. The number of H-pyrrole nitrogens is 1. The lowest BCUT2D eigenvalue weighted by molar-refractivity contribution is -0.128. The molecule has 0 radical (unpaired) electrons. The number of carbonyl (C=O) groups excluding carboxylic acids is 3. The summed E-state index contributed by atoms with van der Waals surface area (Å²) in [4.78, 5) is 40.9. The number of alkyl carbamates (subject to hydrolysis) is 1. The second kappa shape index (κ2) is 10.1. The van der Waals surface area contributed by atoms with Crippen LogP contribution in [0.25, 0.3) is 10.9 Å². The lowest BCUT2D eigenvalue weighted by Crippen LogP contribution is -2.55. The number of amides is 2. The normalized spacial score (nSPS) is 18.2. The van der Waals surface area contributed by atoms with E-state index in [0.717, 1.165) is 22.0 Å². The molecule has 3 N–H and O–H groups in total. The van der Waals surface area contributed by atoms with Crippen LogP contribution in [0.4, 0.5) is 4.79 Å². The molecule has 34 heavy (non-hydrogen) atoms. The fourth-order valence-electron chi connectivity index (χ4n) is 3.89. The molecule has 2 atom stereocenters. The van der Waals surface area contributed by atoms with Crippen molar-refractivity contribution in [2.45, 2.75) is 31.5 Å². The number of benzene rings is 2. The molecule has 2 amide bonds. The van der Waals surface area contributed by atoms with Gasteiger partial charge in [0.25, 0.3) is 0 Å². The van der Waals surface area contributed by atoms with Crippen LogP contribution in [0, 0.1) is 0 Å². The van der Waals surface area contributed by atoms with E-state index in [2.05, 4.69) is 15.6 Å². The van der Waals surface area contributed by atoms with Crippen molar-refractivity contribution in [2.24, 2.45) is 0 Å². The molecule has 0 spiro atoms. The van der Waals surface area contributed by atoms with Gasteiger partial charge in [-0.3, -0.25) is 9.59 Å². The van der Waals surface area contributed by atoms with E-state index in [1.807, 2.05) is 42.5 Å². The van der Waals surface area contributed by atoms with E-state index in [1.165, 1.54) is 0 Å². The Morgan fingerprint density at radius 2 is 1.82 bits per heavy atom. The van der Waals surface area contributed by atoms with Gasteiger partial charge in [0.2, 0.25) is 5.91 Å². The molecule has 4 rings (SSSR count). The molecular weight excluding hydrogens is 458 g/mol. The molecule has 178 valence electrons. The number of fused-ring (bicyclic) bond motifs is 1. The molecular formula is C24H25N3O6S. The van der Waals surface area contributed by atoms with Crippen molar-refractivity contribution < 1.29 is 27.5 Å². The van der Waals surface area contributed by atoms with Gasteiger partial charge in [0.05, 0.1) is 11.5 Å². The zero-order valence-electron chi connectivity index (χ0n) is 18.3. The predicted octanol–water partition coefficient (Wildman–Crippen LogP) is 1.88. The molecule has 1 fully saturated rings. The largest absolute Gasteiger partial charge is 0.445 e. The number of sulfone groups is 1. The maximum Gasteiger partial charge on any atom is 0.408 e. The van der Waals surface area contributed by atoms with Crippen molar-refractivity contribution >= 4 is 38.5 Å². The predicted molar refractivity (Wildman–Crippen MR) is 126 cm³/mol. The molecule has 0 saturated carbocycles. The molecule has 10 heteroatoms. The van der Waals surface area contributed by atoms with E-state index < -0.39 is 39.7 Å². The number of nitrogens with one attached hydrogen (secondary N) is 3. The molecule has 1 aromatic heterocycles. The summed E-state index contributed by atoms with van der Waals surface area (Å²) in [6.07, 6.45) is 0.918. The van der Waals surface area contributed by atoms with Crippen LogP contribution in [-0.4, -0.2) is 54.8 Å². The van der Waals surface area contributed by atoms with Crippen LogP contribution in [0.3, 0.4) is 0 Å². The minimum Gasteiger partial charge on any atom is -0.445 e. The van der Waals surface area contributed by atoms with Gasteiger partial charge in [-0.1, -0.05) is 48.5 Å². The Labute approximate surface area is 196 Å². The first-order chi connectivity index (χ1) is 16.3. The van der Waals surface area contributed by atoms with E-state index in [-0.39, 0.29) is 31.0 Å². The number of aromatic amines is 1. The highest BCUT2D eigenvalue weighted by molar-refractivity contribution is 7.91. The molecule has 1 saturated heterocycles. The lowest BCUT2D eigenvalue weighted by atomic mass is 10.0. The smallest absolute Gasteiger partial charge is 0.408 e. The van der Waals surface area contributed by atoms with Crippen LogP contribution in [0.5, 0.6) is 0 Å². The zero-order valence-corrected chi connectivity index (χ0v) is 19.1. The topological polar surface area (TPSA) is 134 Å². The molecule has 2 heterocycles. The van der Waals surface area contributed by atoms with Crippen molar-refractivity contribution in [1.29, 1.82) is 0 Å². The van der Waals surface area contributed by atoms with Gasteiger partial charge in [0.1, 0.15) is 18.7 Å². The number of aromatic nitrogens is 1. The molecule has 2 aromatic carbocycles.